The summed E-state index contributed by atoms with van der Waals surface area (Å²) in [4.78, 5) is 39.9. The van der Waals surface area contributed by atoms with Crippen LogP contribution in [0, 0.1) is 23.2 Å². The smallest absolute Gasteiger partial charge is 0.252 e. The van der Waals surface area contributed by atoms with Gasteiger partial charge in [0.25, 0.3) is 5.91 Å². The van der Waals surface area contributed by atoms with Gasteiger partial charge in [0, 0.05) is 17.5 Å². The Morgan fingerprint density at radius 3 is 2.34 bits per heavy atom. The second-order valence-corrected chi connectivity index (χ2v) is 11.4. The molecule has 2 aliphatic rings. The van der Waals surface area contributed by atoms with Gasteiger partial charge in [0.2, 0.25) is 5.91 Å². The van der Waals surface area contributed by atoms with Crippen LogP contribution in [0.3, 0.4) is 0 Å². The first kappa shape index (κ1) is 25.4. The molecule has 4 rings (SSSR count). The SMILES string of the molecule is CN[C@@H](C)C(=O)NC(C(=O)C1CC[C@H]2CC[C@H](NC(=O)c3cccc4ccccc34)[C@@H]12)C(C)(C)C. The molecule has 2 aromatic rings. The highest BCUT2D eigenvalue weighted by molar-refractivity contribution is 6.07. The molecule has 0 heterocycles. The zero-order valence-corrected chi connectivity index (χ0v) is 21.6. The van der Waals surface area contributed by atoms with Gasteiger partial charge in [-0.25, -0.2) is 0 Å². The Balaban J connectivity index is 1.54. The molecule has 0 bridgehead atoms. The standard InChI is InChI=1S/C29H39N3O3/c1-17(30-5)27(34)32-26(29(2,3)4)25(33)22-15-13-19-14-16-23(24(19)22)31-28(35)21-12-8-10-18-9-6-7-11-20(18)21/h6-12,17,19,22-24,26,30H,13-16H2,1-5H3,(H,31,35)(H,32,34)/t17-,19-,22?,23-,24+,26?/m0/s1. The molecular formula is C29H39N3O3. The minimum atomic E-state index is -0.565. The highest BCUT2D eigenvalue weighted by atomic mass is 16.2. The van der Waals surface area contributed by atoms with Crippen molar-refractivity contribution >= 4 is 28.4 Å². The highest BCUT2D eigenvalue weighted by Crippen LogP contribution is 2.49. The van der Waals surface area contributed by atoms with E-state index in [1.807, 2.05) is 63.2 Å². The van der Waals surface area contributed by atoms with E-state index in [1.54, 1.807) is 14.0 Å². The molecule has 0 radical (unpaired) electrons. The second-order valence-electron chi connectivity index (χ2n) is 11.4. The van der Waals surface area contributed by atoms with Gasteiger partial charge in [0.05, 0.1) is 12.1 Å². The van der Waals surface area contributed by atoms with Gasteiger partial charge in [-0.15, -0.1) is 0 Å². The summed E-state index contributed by atoms with van der Waals surface area (Å²) in [6.45, 7) is 7.79. The van der Waals surface area contributed by atoms with E-state index < -0.39 is 11.5 Å². The van der Waals surface area contributed by atoms with Crippen molar-refractivity contribution in [2.45, 2.75) is 71.5 Å². The third-order valence-electron chi connectivity index (χ3n) is 8.15. The molecule has 0 aliphatic heterocycles. The van der Waals surface area contributed by atoms with E-state index in [1.165, 1.54) is 0 Å². The van der Waals surface area contributed by atoms with Crippen LogP contribution in [0.5, 0.6) is 0 Å². The van der Waals surface area contributed by atoms with E-state index >= 15 is 0 Å². The molecule has 6 atom stereocenters. The van der Waals surface area contributed by atoms with Crippen LogP contribution in [-0.4, -0.2) is 42.8 Å². The molecule has 6 nitrogen and oxygen atoms in total. The van der Waals surface area contributed by atoms with Gasteiger partial charge in [-0.05, 0) is 73.7 Å². The predicted octanol–water partition coefficient (Wildman–Crippen LogP) is 4.08. The summed E-state index contributed by atoms with van der Waals surface area (Å²) in [7, 11) is 1.74. The monoisotopic (exact) mass is 477 g/mol. The summed E-state index contributed by atoms with van der Waals surface area (Å²) < 4.78 is 0. The van der Waals surface area contributed by atoms with Crippen LogP contribution >= 0.6 is 0 Å². The molecule has 6 heteroatoms. The van der Waals surface area contributed by atoms with Crippen LogP contribution in [0.25, 0.3) is 10.8 Å². The molecule has 188 valence electrons. The number of hydrogen-bond donors (Lipinski definition) is 3. The number of nitrogens with one attached hydrogen (secondary N) is 3. The molecule has 2 aromatic carbocycles. The number of fused-ring (bicyclic) bond motifs is 2. The molecule has 2 amide bonds. The van der Waals surface area contributed by atoms with E-state index in [4.69, 9.17) is 0 Å². The fourth-order valence-electron chi connectivity index (χ4n) is 6.14. The number of amides is 2. The number of rotatable bonds is 7. The molecule has 0 aromatic heterocycles. The maximum absolute atomic E-state index is 13.9. The molecule has 35 heavy (non-hydrogen) atoms. The number of Topliss-reactive ketones (excluding diaryl/α,β-unsaturated/α-hetero) is 1. The third-order valence-corrected chi connectivity index (χ3v) is 8.15. The molecule has 0 saturated heterocycles. The largest absolute Gasteiger partial charge is 0.349 e. The van der Waals surface area contributed by atoms with Crippen LogP contribution < -0.4 is 16.0 Å². The number of carbonyl (C=O) groups excluding carboxylic acids is 3. The number of benzene rings is 2. The van der Waals surface area contributed by atoms with Crippen molar-refractivity contribution in [3.8, 4) is 0 Å². The van der Waals surface area contributed by atoms with Gasteiger partial charge < -0.3 is 16.0 Å². The Morgan fingerprint density at radius 1 is 0.943 bits per heavy atom. The first-order valence-corrected chi connectivity index (χ1v) is 12.9. The Hall–Kier alpha value is -2.73. The van der Waals surface area contributed by atoms with E-state index in [0.29, 0.717) is 11.5 Å². The zero-order chi connectivity index (χ0) is 25.3. The van der Waals surface area contributed by atoms with Crippen LogP contribution in [-0.2, 0) is 9.59 Å². The number of hydrogen-bond acceptors (Lipinski definition) is 4. The summed E-state index contributed by atoms with van der Waals surface area (Å²) in [6.07, 6.45) is 3.73. The average Bonchev–Trinajstić information content (AvgIpc) is 3.43. The van der Waals surface area contributed by atoms with Gasteiger partial charge in [-0.1, -0.05) is 57.2 Å². The van der Waals surface area contributed by atoms with Crippen molar-refractivity contribution in [3.63, 3.8) is 0 Å². The van der Waals surface area contributed by atoms with Crippen LogP contribution in [0.4, 0.5) is 0 Å². The number of carbonyl (C=O) groups is 3. The molecule has 2 aliphatic carbocycles. The minimum Gasteiger partial charge on any atom is -0.349 e. The lowest BCUT2D eigenvalue weighted by molar-refractivity contribution is -0.134. The van der Waals surface area contributed by atoms with Gasteiger partial charge in [-0.2, -0.15) is 0 Å². The maximum Gasteiger partial charge on any atom is 0.252 e. The summed E-state index contributed by atoms with van der Waals surface area (Å²) in [5.41, 5.74) is 0.270. The normalized spacial score (nSPS) is 25.6. The van der Waals surface area contributed by atoms with Crippen LogP contribution in [0.15, 0.2) is 42.5 Å². The Bertz CT molecular complexity index is 1100. The summed E-state index contributed by atoms with van der Waals surface area (Å²) in [6, 6.07) is 12.7. The van der Waals surface area contributed by atoms with Crippen molar-refractivity contribution in [3.05, 3.63) is 48.0 Å². The number of ketones is 1. The topological polar surface area (TPSA) is 87.3 Å². The first-order chi connectivity index (χ1) is 16.6. The zero-order valence-electron chi connectivity index (χ0n) is 21.6. The summed E-state index contributed by atoms with van der Waals surface area (Å²) in [5, 5.41) is 11.3. The van der Waals surface area contributed by atoms with Gasteiger partial charge in [-0.3, -0.25) is 14.4 Å². The molecule has 2 saturated carbocycles. The molecule has 2 unspecified atom stereocenters. The quantitative estimate of drug-likeness (QED) is 0.561. The Labute approximate surface area is 208 Å². The summed E-state index contributed by atoms with van der Waals surface area (Å²) in [5.74, 6) is 0.263. The Kier molecular flexibility index (Phi) is 7.32. The van der Waals surface area contributed by atoms with E-state index in [0.717, 1.165) is 36.5 Å². The van der Waals surface area contributed by atoms with Crippen LogP contribution in [0.2, 0.25) is 0 Å². The molecule has 2 fully saturated rings. The molecule has 0 spiro atoms. The summed E-state index contributed by atoms with van der Waals surface area (Å²) >= 11 is 0. The lowest BCUT2D eigenvalue weighted by Gasteiger charge is -2.35. The van der Waals surface area contributed by atoms with E-state index in [-0.39, 0.29) is 41.5 Å². The van der Waals surface area contributed by atoms with Crippen molar-refractivity contribution < 1.29 is 14.4 Å². The minimum absolute atomic E-state index is 0.0320. The first-order valence-electron chi connectivity index (χ1n) is 12.9. The van der Waals surface area contributed by atoms with Gasteiger partial charge >= 0.3 is 0 Å². The van der Waals surface area contributed by atoms with Crippen molar-refractivity contribution in [1.82, 2.24) is 16.0 Å². The van der Waals surface area contributed by atoms with Gasteiger partial charge in [0.15, 0.2) is 5.78 Å². The lowest BCUT2D eigenvalue weighted by atomic mass is 9.76. The number of likely N-dealkylation sites (N-methyl/N-ethyl adjacent to an activating group) is 1. The van der Waals surface area contributed by atoms with E-state index in [2.05, 4.69) is 16.0 Å². The fourth-order valence-corrected chi connectivity index (χ4v) is 6.14. The van der Waals surface area contributed by atoms with Gasteiger partial charge in [0.1, 0.15) is 0 Å². The van der Waals surface area contributed by atoms with Crippen molar-refractivity contribution in [2.24, 2.45) is 23.2 Å². The lowest BCUT2D eigenvalue weighted by Crippen LogP contribution is -2.56. The van der Waals surface area contributed by atoms with E-state index in [9.17, 15) is 14.4 Å². The van der Waals surface area contributed by atoms with Crippen molar-refractivity contribution in [1.29, 1.82) is 0 Å². The maximum atomic E-state index is 13.9. The third kappa shape index (κ3) is 5.13. The highest BCUT2D eigenvalue weighted by Gasteiger charge is 2.51. The average molecular weight is 478 g/mol. The van der Waals surface area contributed by atoms with Crippen molar-refractivity contribution in [2.75, 3.05) is 7.05 Å². The molecular weight excluding hydrogens is 438 g/mol. The predicted molar refractivity (Wildman–Crippen MR) is 139 cm³/mol. The fraction of sp³-hybridized carbons (Fsp3) is 0.552. The molecule has 3 N–H and O–H groups in total. The second kappa shape index (κ2) is 10.1. The van der Waals surface area contributed by atoms with Crippen LogP contribution in [0.1, 0.15) is 63.7 Å². The Morgan fingerprint density at radius 2 is 1.63 bits per heavy atom.